The summed E-state index contributed by atoms with van der Waals surface area (Å²) in [6.45, 7) is 2.79. The van der Waals surface area contributed by atoms with Gasteiger partial charge in [0.2, 0.25) is 0 Å². The van der Waals surface area contributed by atoms with Gasteiger partial charge in [0.15, 0.2) is 11.5 Å². The number of β-amino-alcohol motifs (C(OH)–C–C–N with tert-alkyl or cyclic N) is 1. The van der Waals surface area contributed by atoms with E-state index in [1.807, 2.05) is 0 Å². The molecule has 1 aromatic rings. The van der Waals surface area contributed by atoms with Crippen LogP contribution in [0, 0.1) is 17.2 Å². The van der Waals surface area contributed by atoms with Gasteiger partial charge in [-0.3, -0.25) is 4.79 Å². The van der Waals surface area contributed by atoms with Crippen molar-refractivity contribution >= 4 is 5.91 Å². The van der Waals surface area contributed by atoms with Gasteiger partial charge in [0.1, 0.15) is 0 Å². The van der Waals surface area contributed by atoms with E-state index in [1.54, 1.807) is 12.1 Å². The second-order valence-corrected chi connectivity index (χ2v) is 6.39. The predicted octanol–water partition coefficient (Wildman–Crippen LogP) is 0.614. The van der Waals surface area contributed by atoms with Gasteiger partial charge in [-0.15, -0.1) is 0 Å². The number of amides is 1. The Kier molecular flexibility index (Phi) is 5.74. The molecular formula is C18H23N3O4. The van der Waals surface area contributed by atoms with Gasteiger partial charge in [-0.2, -0.15) is 5.26 Å². The van der Waals surface area contributed by atoms with Crippen molar-refractivity contribution in [3.8, 4) is 17.6 Å². The summed E-state index contributed by atoms with van der Waals surface area (Å²) in [4.78, 5) is 12.7. The molecular weight excluding hydrogens is 322 g/mol. The summed E-state index contributed by atoms with van der Waals surface area (Å²) >= 11 is 0. The van der Waals surface area contributed by atoms with Crippen molar-refractivity contribution in [3.63, 3.8) is 0 Å². The highest BCUT2D eigenvalue weighted by Gasteiger charge is 2.25. The van der Waals surface area contributed by atoms with Crippen LogP contribution in [0.5, 0.6) is 11.5 Å². The van der Waals surface area contributed by atoms with E-state index in [1.165, 1.54) is 0 Å². The van der Waals surface area contributed by atoms with Crippen LogP contribution in [0.1, 0.15) is 28.8 Å². The van der Waals surface area contributed by atoms with Crippen LogP contribution in [0.15, 0.2) is 12.1 Å². The van der Waals surface area contributed by atoms with Crippen molar-refractivity contribution in [2.24, 2.45) is 5.92 Å². The molecule has 1 amide bonds. The Morgan fingerprint density at radius 2 is 2.24 bits per heavy atom. The minimum absolute atomic E-state index is 0.0308. The summed E-state index contributed by atoms with van der Waals surface area (Å²) in [7, 11) is 0. The van der Waals surface area contributed by atoms with Gasteiger partial charge in [0, 0.05) is 25.4 Å². The van der Waals surface area contributed by atoms with Gasteiger partial charge in [0.25, 0.3) is 5.91 Å². The first-order valence-corrected chi connectivity index (χ1v) is 8.65. The molecule has 0 spiro atoms. The van der Waals surface area contributed by atoms with Crippen LogP contribution in [-0.2, 0) is 6.42 Å². The molecule has 0 aromatic heterocycles. The molecule has 2 aliphatic heterocycles. The number of aliphatic hydroxyl groups excluding tert-OH is 1. The molecule has 2 atom stereocenters. The van der Waals surface area contributed by atoms with E-state index < -0.39 is 6.10 Å². The largest absolute Gasteiger partial charge is 0.490 e. The minimum atomic E-state index is -0.462. The molecule has 2 aliphatic rings. The Labute approximate surface area is 146 Å². The van der Waals surface area contributed by atoms with Crippen LogP contribution in [-0.4, -0.2) is 50.0 Å². The van der Waals surface area contributed by atoms with Crippen LogP contribution in [0.3, 0.4) is 0 Å². The number of carbonyl (C=O) groups is 1. The zero-order valence-electron chi connectivity index (χ0n) is 14.1. The van der Waals surface area contributed by atoms with E-state index in [9.17, 15) is 9.90 Å². The average molecular weight is 345 g/mol. The number of aliphatic hydroxyl groups is 1. The number of fused-ring (bicyclic) bond motifs is 1. The predicted molar refractivity (Wildman–Crippen MR) is 90.7 cm³/mol. The Morgan fingerprint density at radius 3 is 3.04 bits per heavy atom. The molecule has 7 heteroatoms. The highest BCUT2D eigenvalue weighted by molar-refractivity contribution is 5.98. The molecule has 0 aliphatic carbocycles. The molecule has 0 saturated carbocycles. The van der Waals surface area contributed by atoms with E-state index in [0.29, 0.717) is 43.4 Å². The fraction of sp³-hybridized carbons (Fsp3) is 0.556. The standard InChI is InChI=1S/C18H23N3O4/c19-4-2-12-8-14(17-16(9-12)24-6-1-7-25-17)18(23)21-10-13-3-5-20-11-15(13)22/h8-9,13,15,20,22H,1-3,5-7,10-11H2,(H,21,23)/t13-,15+/m0/s1. The SMILES string of the molecule is N#CCc1cc2c(c(C(=O)NC[C@@H]3CCNC[C@H]3O)c1)OCCCO2. The molecule has 0 radical (unpaired) electrons. The molecule has 134 valence electrons. The van der Waals surface area contributed by atoms with Crippen LogP contribution < -0.4 is 20.1 Å². The van der Waals surface area contributed by atoms with Crippen molar-refractivity contribution < 1.29 is 19.4 Å². The fourth-order valence-electron chi connectivity index (χ4n) is 3.15. The monoisotopic (exact) mass is 345 g/mol. The maximum absolute atomic E-state index is 12.7. The van der Waals surface area contributed by atoms with Gasteiger partial charge in [-0.05, 0) is 30.7 Å². The number of hydrogen-bond acceptors (Lipinski definition) is 6. The molecule has 25 heavy (non-hydrogen) atoms. The van der Waals surface area contributed by atoms with Crippen LogP contribution in [0.25, 0.3) is 0 Å². The number of rotatable bonds is 4. The lowest BCUT2D eigenvalue weighted by Gasteiger charge is -2.28. The Hall–Kier alpha value is -2.30. The van der Waals surface area contributed by atoms with E-state index in [0.717, 1.165) is 24.9 Å². The third kappa shape index (κ3) is 4.21. The van der Waals surface area contributed by atoms with E-state index in [2.05, 4.69) is 16.7 Å². The van der Waals surface area contributed by atoms with Crippen LogP contribution in [0.4, 0.5) is 0 Å². The van der Waals surface area contributed by atoms with Gasteiger partial charge < -0.3 is 25.2 Å². The number of benzene rings is 1. The fourth-order valence-corrected chi connectivity index (χ4v) is 3.15. The smallest absolute Gasteiger partial charge is 0.255 e. The maximum Gasteiger partial charge on any atom is 0.255 e. The molecule has 1 saturated heterocycles. The first-order valence-electron chi connectivity index (χ1n) is 8.65. The molecule has 3 N–H and O–H groups in total. The van der Waals surface area contributed by atoms with Crippen molar-refractivity contribution in [3.05, 3.63) is 23.3 Å². The van der Waals surface area contributed by atoms with Crippen molar-refractivity contribution in [1.82, 2.24) is 10.6 Å². The number of nitrogens with one attached hydrogen (secondary N) is 2. The zero-order valence-corrected chi connectivity index (χ0v) is 14.1. The van der Waals surface area contributed by atoms with E-state index >= 15 is 0 Å². The van der Waals surface area contributed by atoms with E-state index in [4.69, 9.17) is 14.7 Å². The minimum Gasteiger partial charge on any atom is -0.490 e. The highest BCUT2D eigenvalue weighted by atomic mass is 16.5. The lowest BCUT2D eigenvalue weighted by Crippen LogP contribution is -2.45. The second kappa shape index (κ2) is 8.19. The van der Waals surface area contributed by atoms with Crippen LogP contribution in [0.2, 0.25) is 0 Å². The highest BCUT2D eigenvalue weighted by Crippen LogP contribution is 2.35. The summed E-state index contributed by atoms with van der Waals surface area (Å²) < 4.78 is 11.4. The third-order valence-electron chi connectivity index (χ3n) is 4.55. The summed E-state index contributed by atoms with van der Waals surface area (Å²) in [5.41, 5.74) is 1.10. The van der Waals surface area contributed by atoms with Gasteiger partial charge in [0.05, 0.1) is 37.4 Å². The Balaban J connectivity index is 1.78. The molecule has 1 aromatic carbocycles. The lowest BCUT2D eigenvalue weighted by molar-refractivity contribution is 0.0752. The Bertz CT molecular complexity index is 671. The molecule has 2 heterocycles. The molecule has 0 unspecified atom stereocenters. The maximum atomic E-state index is 12.7. The first-order chi connectivity index (χ1) is 12.2. The van der Waals surface area contributed by atoms with Gasteiger partial charge in [-0.1, -0.05) is 0 Å². The van der Waals surface area contributed by atoms with Crippen molar-refractivity contribution in [2.45, 2.75) is 25.4 Å². The van der Waals surface area contributed by atoms with Crippen molar-refractivity contribution in [2.75, 3.05) is 32.8 Å². The van der Waals surface area contributed by atoms with Crippen molar-refractivity contribution in [1.29, 1.82) is 5.26 Å². The number of nitriles is 1. The molecule has 0 bridgehead atoms. The molecule has 3 rings (SSSR count). The van der Waals surface area contributed by atoms with Crippen LogP contribution >= 0.6 is 0 Å². The third-order valence-corrected chi connectivity index (χ3v) is 4.55. The number of carbonyl (C=O) groups excluding carboxylic acids is 1. The number of ether oxygens (including phenoxy) is 2. The number of hydrogen-bond donors (Lipinski definition) is 3. The second-order valence-electron chi connectivity index (χ2n) is 6.39. The number of piperidine rings is 1. The van der Waals surface area contributed by atoms with Gasteiger partial charge in [-0.25, -0.2) is 0 Å². The number of nitrogens with zero attached hydrogens (tertiary/aromatic N) is 1. The molecule has 7 nitrogen and oxygen atoms in total. The molecule has 1 fully saturated rings. The summed E-state index contributed by atoms with van der Waals surface area (Å²) in [5.74, 6) is 0.704. The average Bonchev–Trinajstić information content (AvgIpc) is 2.86. The topological polar surface area (TPSA) is 104 Å². The summed E-state index contributed by atoms with van der Waals surface area (Å²) in [6, 6.07) is 5.54. The summed E-state index contributed by atoms with van der Waals surface area (Å²) in [5, 5.41) is 25.0. The van der Waals surface area contributed by atoms with E-state index in [-0.39, 0.29) is 18.2 Å². The lowest BCUT2D eigenvalue weighted by atomic mass is 9.95. The zero-order chi connectivity index (χ0) is 17.6. The normalized spacial score (nSPS) is 22.6. The first kappa shape index (κ1) is 17.5. The Morgan fingerprint density at radius 1 is 1.40 bits per heavy atom. The van der Waals surface area contributed by atoms with Gasteiger partial charge >= 0.3 is 0 Å². The summed E-state index contributed by atoms with van der Waals surface area (Å²) in [6.07, 6.45) is 1.29. The quantitative estimate of drug-likeness (QED) is 0.739.